The summed E-state index contributed by atoms with van der Waals surface area (Å²) in [6.07, 6.45) is 1.09. The van der Waals surface area contributed by atoms with Crippen LogP contribution in [0.5, 0.6) is 0 Å². The molecule has 0 amide bonds. The lowest BCUT2D eigenvalue weighted by Crippen LogP contribution is -2.34. The lowest BCUT2D eigenvalue weighted by Gasteiger charge is -2.01. The van der Waals surface area contributed by atoms with Crippen molar-refractivity contribution in [1.29, 1.82) is 0 Å². The van der Waals surface area contributed by atoms with Gasteiger partial charge in [-0.1, -0.05) is 20.8 Å². The van der Waals surface area contributed by atoms with Crippen molar-refractivity contribution >= 4 is 0 Å². The van der Waals surface area contributed by atoms with Gasteiger partial charge in [0.15, 0.2) is 0 Å². The fourth-order valence-corrected chi connectivity index (χ4v) is 1.75. The molecule has 0 saturated heterocycles. The lowest BCUT2D eigenvalue weighted by molar-refractivity contribution is -0.684. The van der Waals surface area contributed by atoms with Crippen LogP contribution in [0.3, 0.4) is 0 Å². The van der Waals surface area contributed by atoms with Crippen LogP contribution in [0.2, 0.25) is 0 Å². The Morgan fingerprint density at radius 1 is 1.42 bits per heavy atom. The Morgan fingerprint density at radius 2 is 2.00 bits per heavy atom. The van der Waals surface area contributed by atoms with Crippen molar-refractivity contribution in [1.82, 2.24) is 4.98 Å². The molecule has 0 bridgehead atoms. The van der Waals surface area contributed by atoms with Crippen molar-refractivity contribution < 1.29 is 4.57 Å². The fraction of sp³-hybridized carbons (Fsp3) is 0.700. The van der Waals surface area contributed by atoms with E-state index >= 15 is 0 Å². The highest BCUT2D eigenvalue weighted by atomic mass is 15.1. The van der Waals surface area contributed by atoms with E-state index in [0.717, 1.165) is 6.42 Å². The highest BCUT2D eigenvalue weighted by Crippen LogP contribution is 2.14. The monoisotopic (exact) mass is 167 g/mol. The maximum Gasteiger partial charge on any atom is 0.251 e. The third-order valence-corrected chi connectivity index (χ3v) is 2.41. The summed E-state index contributed by atoms with van der Waals surface area (Å²) in [6, 6.07) is 0. The summed E-state index contributed by atoms with van der Waals surface area (Å²) < 4.78 is 2.25. The van der Waals surface area contributed by atoms with Crippen molar-refractivity contribution in [3.63, 3.8) is 0 Å². The molecule has 2 heteroatoms. The number of imidazole rings is 1. The number of hydrogen-bond acceptors (Lipinski definition) is 0. The van der Waals surface area contributed by atoms with Gasteiger partial charge in [-0.05, 0) is 0 Å². The van der Waals surface area contributed by atoms with Crippen LogP contribution >= 0.6 is 0 Å². The van der Waals surface area contributed by atoms with Crippen molar-refractivity contribution in [2.24, 2.45) is 7.05 Å². The fourth-order valence-electron chi connectivity index (χ4n) is 1.75. The zero-order valence-corrected chi connectivity index (χ0v) is 8.73. The Hall–Kier alpha value is -0.790. The number of nitrogens with zero attached hydrogens (tertiary/aromatic N) is 1. The third kappa shape index (κ3) is 1.38. The molecule has 0 spiro atoms. The number of aromatic amines is 1. The Labute approximate surface area is 74.6 Å². The number of H-pyrrole nitrogens is 1. The van der Waals surface area contributed by atoms with Crippen LogP contribution in [-0.4, -0.2) is 4.98 Å². The van der Waals surface area contributed by atoms with Crippen LogP contribution < -0.4 is 4.57 Å². The van der Waals surface area contributed by atoms with E-state index in [1.807, 2.05) is 0 Å². The Kier molecular flexibility index (Phi) is 2.55. The molecule has 1 aromatic heterocycles. The molecule has 0 radical (unpaired) electrons. The number of hydrogen-bond donors (Lipinski definition) is 1. The predicted octanol–water partition coefficient (Wildman–Crippen LogP) is 1.83. The minimum atomic E-state index is 0.606. The van der Waals surface area contributed by atoms with Gasteiger partial charge in [0.1, 0.15) is 11.4 Å². The van der Waals surface area contributed by atoms with Crippen molar-refractivity contribution in [2.75, 3.05) is 0 Å². The molecule has 1 aromatic rings. The molecule has 0 aliphatic heterocycles. The maximum absolute atomic E-state index is 3.41. The molecular formula is C10H19N2+. The van der Waals surface area contributed by atoms with Gasteiger partial charge in [0.05, 0.1) is 7.05 Å². The summed E-state index contributed by atoms with van der Waals surface area (Å²) in [5.74, 6) is 1.85. The second-order valence-corrected chi connectivity index (χ2v) is 3.64. The van der Waals surface area contributed by atoms with Gasteiger partial charge in [0.25, 0.3) is 5.82 Å². The third-order valence-electron chi connectivity index (χ3n) is 2.41. The molecule has 0 fully saturated rings. The number of aryl methyl sites for hydroxylation is 2. The summed E-state index contributed by atoms with van der Waals surface area (Å²) in [5.41, 5.74) is 2.82. The van der Waals surface area contributed by atoms with E-state index in [1.165, 1.54) is 17.2 Å². The first kappa shape index (κ1) is 9.30. The van der Waals surface area contributed by atoms with Crippen molar-refractivity contribution in [3.05, 3.63) is 17.2 Å². The minimum absolute atomic E-state index is 0.606. The Morgan fingerprint density at radius 3 is 2.33 bits per heavy atom. The number of nitrogens with one attached hydrogen (secondary N) is 1. The van der Waals surface area contributed by atoms with Gasteiger partial charge < -0.3 is 0 Å². The quantitative estimate of drug-likeness (QED) is 0.648. The van der Waals surface area contributed by atoms with E-state index in [0.29, 0.717) is 5.92 Å². The van der Waals surface area contributed by atoms with Crippen LogP contribution in [0, 0.1) is 6.92 Å². The highest BCUT2D eigenvalue weighted by molar-refractivity contribution is 5.11. The number of rotatable bonds is 2. The smallest absolute Gasteiger partial charge is 0.245 e. The molecule has 1 N–H and O–H groups in total. The standard InChI is InChI=1S/C10H18N2/c1-6-9-10(7(2)3)12(5)8(4)11-9/h7H,6H2,1-5H3/p+1. The molecule has 0 saturated carbocycles. The zero-order chi connectivity index (χ0) is 9.30. The van der Waals surface area contributed by atoms with Crippen LogP contribution in [0.25, 0.3) is 0 Å². The maximum atomic E-state index is 3.41. The van der Waals surface area contributed by atoms with E-state index < -0.39 is 0 Å². The highest BCUT2D eigenvalue weighted by Gasteiger charge is 2.19. The van der Waals surface area contributed by atoms with Crippen molar-refractivity contribution in [3.8, 4) is 0 Å². The molecule has 0 aliphatic carbocycles. The zero-order valence-electron chi connectivity index (χ0n) is 8.73. The summed E-state index contributed by atoms with van der Waals surface area (Å²) >= 11 is 0. The van der Waals surface area contributed by atoms with Gasteiger partial charge in [0.2, 0.25) is 0 Å². The summed E-state index contributed by atoms with van der Waals surface area (Å²) in [5, 5.41) is 0. The van der Waals surface area contributed by atoms with Gasteiger partial charge in [-0.15, -0.1) is 0 Å². The minimum Gasteiger partial charge on any atom is -0.245 e. The van der Waals surface area contributed by atoms with E-state index in [4.69, 9.17) is 0 Å². The molecular weight excluding hydrogens is 148 g/mol. The van der Waals surface area contributed by atoms with E-state index in [-0.39, 0.29) is 0 Å². The first-order valence-electron chi connectivity index (χ1n) is 4.65. The van der Waals surface area contributed by atoms with E-state index in [9.17, 15) is 0 Å². The SMILES string of the molecule is CCc1[nH]c(C)[n+](C)c1C(C)C. The average Bonchev–Trinajstić information content (AvgIpc) is 2.28. The van der Waals surface area contributed by atoms with Gasteiger partial charge in [-0.3, -0.25) is 0 Å². The lowest BCUT2D eigenvalue weighted by atomic mass is 10.1. The van der Waals surface area contributed by atoms with E-state index in [2.05, 4.69) is 44.3 Å². The average molecular weight is 167 g/mol. The molecule has 68 valence electrons. The molecule has 12 heavy (non-hydrogen) atoms. The predicted molar refractivity (Wildman–Crippen MR) is 50.2 cm³/mol. The van der Waals surface area contributed by atoms with Gasteiger partial charge in [0, 0.05) is 19.3 Å². The molecule has 1 rings (SSSR count). The van der Waals surface area contributed by atoms with Crippen molar-refractivity contribution in [2.45, 2.75) is 40.0 Å². The second kappa shape index (κ2) is 3.30. The van der Waals surface area contributed by atoms with Crippen LogP contribution in [-0.2, 0) is 13.5 Å². The molecule has 0 aromatic carbocycles. The second-order valence-electron chi connectivity index (χ2n) is 3.64. The molecule has 0 aliphatic rings. The summed E-state index contributed by atoms with van der Waals surface area (Å²) in [6.45, 7) is 8.78. The summed E-state index contributed by atoms with van der Waals surface area (Å²) in [7, 11) is 2.13. The van der Waals surface area contributed by atoms with Gasteiger partial charge >= 0.3 is 0 Å². The van der Waals surface area contributed by atoms with Gasteiger partial charge in [-0.2, -0.15) is 0 Å². The van der Waals surface area contributed by atoms with Crippen LogP contribution in [0.1, 0.15) is 43.9 Å². The molecule has 0 unspecified atom stereocenters. The topological polar surface area (TPSA) is 19.7 Å². The first-order chi connectivity index (χ1) is 5.57. The van der Waals surface area contributed by atoms with Crippen LogP contribution in [0.15, 0.2) is 0 Å². The molecule has 0 atom stereocenters. The normalized spacial score (nSPS) is 11.2. The summed E-state index contributed by atoms with van der Waals surface area (Å²) in [4.78, 5) is 3.41. The number of aromatic nitrogens is 2. The molecule has 1 heterocycles. The van der Waals surface area contributed by atoms with Crippen LogP contribution in [0.4, 0.5) is 0 Å². The van der Waals surface area contributed by atoms with Gasteiger partial charge in [-0.25, -0.2) is 9.55 Å². The Balaban J connectivity index is 3.21. The largest absolute Gasteiger partial charge is 0.251 e. The molecule has 2 nitrogen and oxygen atoms in total. The van der Waals surface area contributed by atoms with E-state index in [1.54, 1.807) is 0 Å². The first-order valence-corrected chi connectivity index (χ1v) is 4.65. The Bertz CT molecular complexity index is 272.